The maximum atomic E-state index is 13.8. The van der Waals surface area contributed by atoms with Gasteiger partial charge in [0, 0.05) is 17.0 Å². The maximum Gasteiger partial charge on any atom is 0.137 e. The van der Waals surface area contributed by atoms with Crippen molar-refractivity contribution in [2.75, 3.05) is 25.9 Å². The van der Waals surface area contributed by atoms with Crippen LogP contribution in [0.15, 0.2) is 23.1 Å². The minimum Gasteiger partial charge on any atom is -0.310 e. The first kappa shape index (κ1) is 15.8. The van der Waals surface area contributed by atoms with Gasteiger partial charge in [0.15, 0.2) is 0 Å². The lowest BCUT2D eigenvalue weighted by molar-refractivity contribution is 0.267. The van der Waals surface area contributed by atoms with Gasteiger partial charge in [-0.1, -0.05) is 12.1 Å². The molecule has 112 valence electrons. The normalized spacial score (nSPS) is 18.6. The van der Waals surface area contributed by atoms with Crippen molar-refractivity contribution in [3.8, 4) is 0 Å². The van der Waals surface area contributed by atoms with Crippen molar-refractivity contribution in [1.29, 1.82) is 0 Å². The second kappa shape index (κ2) is 7.43. The van der Waals surface area contributed by atoms with Gasteiger partial charge in [0.25, 0.3) is 0 Å². The zero-order chi connectivity index (χ0) is 14.5. The third kappa shape index (κ3) is 3.96. The maximum absolute atomic E-state index is 13.8. The fraction of sp³-hybridized carbons (Fsp3) is 0.625. The first-order chi connectivity index (χ1) is 9.59. The van der Waals surface area contributed by atoms with Gasteiger partial charge in [0.2, 0.25) is 0 Å². The number of rotatable bonds is 6. The molecule has 1 atom stereocenters. The Morgan fingerprint density at radius 2 is 2.25 bits per heavy atom. The molecule has 0 radical (unpaired) electrons. The van der Waals surface area contributed by atoms with E-state index in [4.69, 9.17) is 0 Å². The predicted octanol–water partition coefficient (Wildman–Crippen LogP) is 3.68. The first-order valence-corrected chi connectivity index (χ1v) is 8.43. The minimum atomic E-state index is -0.0708. The lowest BCUT2D eigenvalue weighted by Crippen LogP contribution is -2.31. The van der Waals surface area contributed by atoms with Gasteiger partial charge in [-0.2, -0.15) is 0 Å². The van der Waals surface area contributed by atoms with Gasteiger partial charge in [-0.05, 0) is 64.2 Å². The minimum absolute atomic E-state index is 0.0708. The van der Waals surface area contributed by atoms with Crippen LogP contribution in [0.5, 0.6) is 0 Å². The van der Waals surface area contributed by atoms with E-state index in [1.807, 2.05) is 6.07 Å². The molecular weight excluding hydrogens is 271 g/mol. The number of fused-ring (bicyclic) bond motifs is 1. The molecule has 0 amide bonds. The number of hydrogen-bond donors (Lipinski definition) is 1. The Balaban J connectivity index is 1.85. The van der Waals surface area contributed by atoms with Crippen LogP contribution in [0.1, 0.15) is 38.3 Å². The van der Waals surface area contributed by atoms with Crippen molar-refractivity contribution in [2.24, 2.45) is 0 Å². The third-order valence-corrected chi connectivity index (χ3v) is 5.14. The molecule has 0 spiro atoms. The van der Waals surface area contributed by atoms with Gasteiger partial charge in [-0.25, -0.2) is 4.39 Å². The van der Waals surface area contributed by atoms with Gasteiger partial charge < -0.3 is 10.2 Å². The van der Waals surface area contributed by atoms with Gasteiger partial charge in [0.1, 0.15) is 5.82 Å². The number of benzene rings is 1. The molecule has 1 aliphatic rings. The zero-order valence-corrected chi connectivity index (χ0v) is 13.5. The average Bonchev–Trinajstić information content (AvgIpc) is 2.44. The van der Waals surface area contributed by atoms with Crippen LogP contribution in [0.25, 0.3) is 0 Å². The van der Waals surface area contributed by atoms with E-state index in [0.717, 1.165) is 42.1 Å². The van der Waals surface area contributed by atoms with Crippen molar-refractivity contribution in [3.05, 3.63) is 29.6 Å². The molecule has 1 aliphatic heterocycles. The van der Waals surface area contributed by atoms with Crippen LogP contribution in [0.3, 0.4) is 0 Å². The largest absolute Gasteiger partial charge is 0.310 e. The van der Waals surface area contributed by atoms with E-state index in [0.29, 0.717) is 12.1 Å². The molecule has 20 heavy (non-hydrogen) atoms. The Hall–Kier alpha value is -0.580. The molecule has 2 rings (SSSR count). The molecular formula is C16H25FN2S. The fourth-order valence-electron chi connectivity index (χ4n) is 2.46. The Morgan fingerprint density at radius 3 is 3.00 bits per heavy atom. The highest BCUT2D eigenvalue weighted by atomic mass is 32.2. The van der Waals surface area contributed by atoms with E-state index < -0.39 is 0 Å². The smallest absolute Gasteiger partial charge is 0.137 e. The highest BCUT2D eigenvalue weighted by Crippen LogP contribution is 2.37. The number of nitrogens with zero attached hydrogens (tertiary/aromatic N) is 1. The predicted molar refractivity (Wildman–Crippen MR) is 84.9 cm³/mol. The van der Waals surface area contributed by atoms with Crippen molar-refractivity contribution in [2.45, 2.75) is 43.7 Å². The summed E-state index contributed by atoms with van der Waals surface area (Å²) in [6.07, 6.45) is 2.21. The summed E-state index contributed by atoms with van der Waals surface area (Å²) in [5.41, 5.74) is 1.14. The summed E-state index contributed by atoms with van der Waals surface area (Å²) in [5, 5.41) is 3.59. The monoisotopic (exact) mass is 296 g/mol. The molecule has 4 heteroatoms. The van der Waals surface area contributed by atoms with E-state index in [1.165, 1.54) is 0 Å². The van der Waals surface area contributed by atoms with Gasteiger partial charge in [-0.3, -0.25) is 0 Å². The van der Waals surface area contributed by atoms with E-state index in [1.54, 1.807) is 17.8 Å². The summed E-state index contributed by atoms with van der Waals surface area (Å²) in [6, 6.07) is 6.34. The highest BCUT2D eigenvalue weighted by molar-refractivity contribution is 7.99. The van der Waals surface area contributed by atoms with Crippen molar-refractivity contribution >= 4 is 11.8 Å². The SMILES string of the molecule is CC(C)N(C)CCCNC1CCSc2c(F)cccc21. The molecule has 1 unspecified atom stereocenters. The lowest BCUT2D eigenvalue weighted by atomic mass is 10.0. The van der Waals surface area contributed by atoms with Gasteiger partial charge >= 0.3 is 0 Å². The van der Waals surface area contributed by atoms with Gasteiger partial charge in [-0.15, -0.1) is 11.8 Å². The zero-order valence-electron chi connectivity index (χ0n) is 12.7. The molecule has 0 bridgehead atoms. The fourth-order valence-corrected chi connectivity index (χ4v) is 3.60. The van der Waals surface area contributed by atoms with Crippen LogP contribution in [-0.4, -0.2) is 36.8 Å². The van der Waals surface area contributed by atoms with E-state index in [9.17, 15) is 4.39 Å². The van der Waals surface area contributed by atoms with Crippen LogP contribution in [0.2, 0.25) is 0 Å². The molecule has 1 aromatic rings. The standard InChI is InChI=1S/C16H25FN2S/c1-12(2)19(3)10-5-9-18-15-8-11-20-16-13(15)6-4-7-14(16)17/h4,6-7,12,15,18H,5,8-11H2,1-3H3. The summed E-state index contributed by atoms with van der Waals surface area (Å²) in [5.74, 6) is 0.927. The topological polar surface area (TPSA) is 15.3 Å². The van der Waals surface area contributed by atoms with E-state index >= 15 is 0 Å². The summed E-state index contributed by atoms with van der Waals surface area (Å²) in [6.45, 7) is 6.51. The number of halogens is 1. The summed E-state index contributed by atoms with van der Waals surface area (Å²) in [4.78, 5) is 3.20. The van der Waals surface area contributed by atoms with Gasteiger partial charge in [0.05, 0.1) is 0 Å². The molecule has 0 aliphatic carbocycles. The third-order valence-electron chi connectivity index (χ3n) is 3.99. The van der Waals surface area contributed by atoms with Crippen LogP contribution >= 0.6 is 11.8 Å². The van der Waals surface area contributed by atoms with Crippen LogP contribution in [-0.2, 0) is 0 Å². The van der Waals surface area contributed by atoms with Crippen molar-refractivity contribution in [1.82, 2.24) is 10.2 Å². The Bertz CT molecular complexity index is 436. The van der Waals surface area contributed by atoms with Crippen LogP contribution < -0.4 is 5.32 Å². The molecule has 1 N–H and O–H groups in total. The van der Waals surface area contributed by atoms with Crippen LogP contribution in [0, 0.1) is 5.82 Å². The van der Waals surface area contributed by atoms with Crippen LogP contribution in [0.4, 0.5) is 4.39 Å². The summed E-state index contributed by atoms with van der Waals surface area (Å²) >= 11 is 1.64. The number of thioether (sulfide) groups is 1. The summed E-state index contributed by atoms with van der Waals surface area (Å²) < 4.78 is 13.8. The molecule has 0 saturated carbocycles. The first-order valence-electron chi connectivity index (χ1n) is 7.44. The highest BCUT2D eigenvalue weighted by Gasteiger charge is 2.22. The molecule has 1 aromatic carbocycles. The quantitative estimate of drug-likeness (QED) is 0.806. The summed E-state index contributed by atoms with van der Waals surface area (Å²) in [7, 11) is 2.16. The number of nitrogens with one attached hydrogen (secondary N) is 1. The second-order valence-corrected chi connectivity index (χ2v) is 6.84. The molecule has 0 aromatic heterocycles. The van der Waals surface area contributed by atoms with Crippen molar-refractivity contribution < 1.29 is 4.39 Å². The Morgan fingerprint density at radius 1 is 1.45 bits per heavy atom. The number of hydrogen-bond acceptors (Lipinski definition) is 3. The average molecular weight is 296 g/mol. The Labute approximate surface area is 126 Å². The van der Waals surface area contributed by atoms with E-state index in [2.05, 4.69) is 37.2 Å². The van der Waals surface area contributed by atoms with Crippen molar-refractivity contribution in [3.63, 3.8) is 0 Å². The lowest BCUT2D eigenvalue weighted by Gasteiger charge is -2.27. The molecule has 0 saturated heterocycles. The van der Waals surface area contributed by atoms with E-state index in [-0.39, 0.29) is 5.82 Å². The second-order valence-electron chi connectivity index (χ2n) is 5.73. The molecule has 1 heterocycles. The Kier molecular flexibility index (Phi) is 5.87. The molecule has 0 fully saturated rings. The molecule has 2 nitrogen and oxygen atoms in total.